The minimum Gasteiger partial charge on any atom is -0.494 e. The van der Waals surface area contributed by atoms with Crippen molar-refractivity contribution in [2.45, 2.75) is 56.9 Å². The van der Waals surface area contributed by atoms with Gasteiger partial charge in [0, 0.05) is 5.54 Å². The second-order valence-electron chi connectivity index (χ2n) is 6.40. The fraction of sp³-hybridized carbons (Fsp3) is 0.579. The SMILES string of the molecule is CC/C=C\CCCOc1ccc([C@@H]2CC[C@@](N)(CO)C2)cc1. The van der Waals surface area contributed by atoms with Crippen LogP contribution >= 0.6 is 0 Å². The topological polar surface area (TPSA) is 55.5 Å². The van der Waals surface area contributed by atoms with Gasteiger partial charge >= 0.3 is 0 Å². The van der Waals surface area contributed by atoms with Crippen molar-refractivity contribution >= 4 is 0 Å². The van der Waals surface area contributed by atoms with Gasteiger partial charge in [0.15, 0.2) is 0 Å². The molecule has 0 spiro atoms. The number of aliphatic hydroxyl groups excluding tert-OH is 1. The zero-order valence-corrected chi connectivity index (χ0v) is 13.6. The second kappa shape index (κ2) is 8.35. The number of unbranched alkanes of at least 4 members (excludes halogenated alkanes) is 1. The molecular weight excluding hydrogens is 274 g/mol. The summed E-state index contributed by atoms with van der Waals surface area (Å²) in [6.07, 6.45) is 10.5. The fourth-order valence-corrected chi connectivity index (χ4v) is 3.10. The molecule has 1 aromatic carbocycles. The van der Waals surface area contributed by atoms with Crippen LogP contribution in [0.1, 0.15) is 56.9 Å². The molecule has 0 bridgehead atoms. The van der Waals surface area contributed by atoms with Crippen LogP contribution in [-0.2, 0) is 0 Å². The molecule has 122 valence electrons. The smallest absolute Gasteiger partial charge is 0.119 e. The van der Waals surface area contributed by atoms with Crippen molar-refractivity contribution < 1.29 is 9.84 Å². The highest BCUT2D eigenvalue weighted by molar-refractivity contribution is 5.30. The molecule has 22 heavy (non-hydrogen) atoms. The lowest BCUT2D eigenvalue weighted by Crippen LogP contribution is -2.40. The van der Waals surface area contributed by atoms with E-state index in [9.17, 15) is 5.11 Å². The fourth-order valence-electron chi connectivity index (χ4n) is 3.10. The molecule has 3 N–H and O–H groups in total. The molecule has 1 aromatic rings. The molecule has 1 aliphatic carbocycles. The molecule has 0 radical (unpaired) electrons. The van der Waals surface area contributed by atoms with E-state index in [0.717, 1.165) is 50.9 Å². The number of hydrogen-bond acceptors (Lipinski definition) is 3. The summed E-state index contributed by atoms with van der Waals surface area (Å²) in [5, 5.41) is 9.36. The lowest BCUT2D eigenvalue weighted by atomic mass is 9.94. The van der Waals surface area contributed by atoms with Gasteiger partial charge in [-0.3, -0.25) is 0 Å². The van der Waals surface area contributed by atoms with Gasteiger partial charge in [-0.2, -0.15) is 0 Å². The molecule has 0 aromatic heterocycles. The average molecular weight is 303 g/mol. The average Bonchev–Trinajstić information content (AvgIpc) is 2.94. The van der Waals surface area contributed by atoms with Crippen LogP contribution in [0.4, 0.5) is 0 Å². The lowest BCUT2D eigenvalue weighted by Gasteiger charge is -2.21. The van der Waals surface area contributed by atoms with Gasteiger partial charge < -0.3 is 15.6 Å². The Balaban J connectivity index is 1.77. The number of nitrogens with two attached hydrogens (primary N) is 1. The summed E-state index contributed by atoms with van der Waals surface area (Å²) < 4.78 is 5.77. The van der Waals surface area contributed by atoms with Crippen LogP contribution in [-0.4, -0.2) is 23.9 Å². The van der Waals surface area contributed by atoms with E-state index in [0.29, 0.717) is 5.92 Å². The van der Waals surface area contributed by atoms with Gasteiger partial charge in [-0.1, -0.05) is 31.2 Å². The van der Waals surface area contributed by atoms with Crippen LogP contribution < -0.4 is 10.5 Å². The first-order chi connectivity index (χ1) is 10.7. The van der Waals surface area contributed by atoms with Crippen LogP contribution in [0.2, 0.25) is 0 Å². The van der Waals surface area contributed by atoms with Gasteiger partial charge in [0.2, 0.25) is 0 Å². The van der Waals surface area contributed by atoms with E-state index < -0.39 is 0 Å². The van der Waals surface area contributed by atoms with E-state index in [1.54, 1.807) is 0 Å². The zero-order valence-electron chi connectivity index (χ0n) is 13.6. The van der Waals surface area contributed by atoms with Gasteiger partial charge in [-0.15, -0.1) is 0 Å². The molecule has 3 nitrogen and oxygen atoms in total. The number of aliphatic hydroxyl groups is 1. The van der Waals surface area contributed by atoms with Crippen molar-refractivity contribution in [1.29, 1.82) is 0 Å². The van der Waals surface area contributed by atoms with Crippen molar-refractivity contribution in [1.82, 2.24) is 0 Å². The molecule has 0 aliphatic heterocycles. The molecule has 1 fully saturated rings. The number of hydrogen-bond donors (Lipinski definition) is 2. The molecule has 3 heteroatoms. The Morgan fingerprint density at radius 2 is 2.09 bits per heavy atom. The maximum atomic E-state index is 9.36. The number of benzene rings is 1. The molecule has 0 saturated heterocycles. The highest BCUT2D eigenvalue weighted by Crippen LogP contribution is 2.39. The summed E-state index contributed by atoms with van der Waals surface area (Å²) in [6.45, 7) is 2.98. The van der Waals surface area contributed by atoms with Crippen molar-refractivity contribution in [3.8, 4) is 5.75 Å². The largest absolute Gasteiger partial charge is 0.494 e. The third-order valence-electron chi connectivity index (χ3n) is 4.50. The first-order valence-electron chi connectivity index (χ1n) is 8.44. The number of allylic oxidation sites excluding steroid dienone is 2. The molecule has 1 aliphatic rings. The molecular formula is C19H29NO2. The van der Waals surface area contributed by atoms with Crippen molar-refractivity contribution in [3.05, 3.63) is 42.0 Å². The highest BCUT2D eigenvalue weighted by atomic mass is 16.5. The number of rotatable bonds is 8. The Hall–Kier alpha value is -1.32. The maximum absolute atomic E-state index is 9.36. The molecule has 0 amide bonds. The second-order valence-corrected chi connectivity index (χ2v) is 6.40. The summed E-state index contributed by atoms with van der Waals surface area (Å²) >= 11 is 0. The Bertz CT molecular complexity index is 469. The van der Waals surface area contributed by atoms with E-state index in [4.69, 9.17) is 10.5 Å². The minimum atomic E-state index is -0.383. The molecule has 2 atom stereocenters. The third kappa shape index (κ3) is 4.85. The quantitative estimate of drug-likeness (QED) is 0.568. The van der Waals surface area contributed by atoms with E-state index in [2.05, 4.69) is 31.2 Å². The van der Waals surface area contributed by atoms with Crippen LogP contribution in [0, 0.1) is 0 Å². The molecule has 1 saturated carbocycles. The highest BCUT2D eigenvalue weighted by Gasteiger charge is 2.35. The summed E-state index contributed by atoms with van der Waals surface area (Å²) in [6, 6.07) is 8.37. The van der Waals surface area contributed by atoms with Crippen molar-refractivity contribution in [3.63, 3.8) is 0 Å². The van der Waals surface area contributed by atoms with Crippen molar-refractivity contribution in [2.24, 2.45) is 5.73 Å². The first-order valence-corrected chi connectivity index (χ1v) is 8.44. The maximum Gasteiger partial charge on any atom is 0.119 e. The minimum absolute atomic E-state index is 0.0805. The molecule has 0 unspecified atom stereocenters. The molecule has 2 rings (SSSR count). The Morgan fingerprint density at radius 1 is 1.32 bits per heavy atom. The Kier molecular flexibility index (Phi) is 6.47. The molecule has 0 heterocycles. The van der Waals surface area contributed by atoms with Crippen LogP contribution in [0.5, 0.6) is 5.75 Å². The monoisotopic (exact) mass is 303 g/mol. The predicted octanol–water partition coefficient (Wildman–Crippen LogP) is 3.77. The Morgan fingerprint density at radius 3 is 2.73 bits per heavy atom. The van der Waals surface area contributed by atoms with E-state index in [-0.39, 0.29) is 12.1 Å². The third-order valence-corrected chi connectivity index (χ3v) is 4.50. The van der Waals surface area contributed by atoms with Crippen LogP contribution in [0.3, 0.4) is 0 Å². The van der Waals surface area contributed by atoms with Crippen molar-refractivity contribution in [2.75, 3.05) is 13.2 Å². The van der Waals surface area contributed by atoms with Gasteiger partial charge in [0.1, 0.15) is 5.75 Å². The van der Waals surface area contributed by atoms with Gasteiger partial charge in [0.05, 0.1) is 13.2 Å². The predicted molar refractivity (Wildman–Crippen MR) is 91.2 cm³/mol. The summed E-state index contributed by atoms with van der Waals surface area (Å²) in [4.78, 5) is 0. The normalized spacial score (nSPS) is 25.0. The van der Waals surface area contributed by atoms with Crippen LogP contribution in [0.15, 0.2) is 36.4 Å². The summed E-state index contributed by atoms with van der Waals surface area (Å²) in [5.74, 6) is 1.40. The van der Waals surface area contributed by atoms with Gasteiger partial charge in [0.25, 0.3) is 0 Å². The van der Waals surface area contributed by atoms with Crippen LogP contribution in [0.25, 0.3) is 0 Å². The van der Waals surface area contributed by atoms with E-state index in [1.165, 1.54) is 5.56 Å². The standard InChI is InChI=1S/C19H29NO2/c1-2-3-4-5-6-13-22-18-9-7-16(8-10-18)17-11-12-19(20,14-17)15-21/h3-4,7-10,17,21H,2,5-6,11-15,20H2,1H3/b4-3-/t17-,19+/m1/s1. The summed E-state index contributed by atoms with van der Waals surface area (Å²) in [5.41, 5.74) is 7.07. The lowest BCUT2D eigenvalue weighted by molar-refractivity contribution is 0.198. The first kappa shape index (κ1) is 17.0. The Labute approximate surface area is 134 Å². The van der Waals surface area contributed by atoms with E-state index >= 15 is 0 Å². The van der Waals surface area contributed by atoms with Gasteiger partial charge in [-0.25, -0.2) is 0 Å². The van der Waals surface area contributed by atoms with E-state index in [1.807, 2.05) is 12.1 Å². The van der Waals surface area contributed by atoms with Gasteiger partial charge in [-0.05, 0) is 62.1 Å². The number of ether oxygens (including phenoxy) is 1. The summed E-state index contributed by atoms with van der Waals surface area (Å²) in [7, 11) is 0. The zero-order chi connectivity index (χ0) is 15.8.